The van der Waals surface area contributed by atoms with Crippen LogP contribution in [0.2, 0.25) is 0 Å². The molecule has 1 aliphatic heterocycles. The summed E-state index contributed by atoms with van der Waals surface area (Å²) in [6.07, 6.45) is -1.26. The van der Waals surface area contributed by atoms with E-state index in [9.17, 15) is 25.4 Å². The lowest BCUT2D eigenvalue weighted by Crippen LogP contribution is -2.41. The average Bonchev–Trinajstić information content (AvgIpc) is 3.29. The summed E-state index contributed by atoms with van der Waals surface area (Å²) < 4.78 is 12.5. The highest BCUT2D eigenvalue weighted by Crippen LogP contribution is 2.40. The van der Waals surface area contributed by atoms with Gasteiger partial charge >= 0.3 is 0 Å². The first-order chi connectivity index (χ1) is 14.7. The maximum atomic E-state index is 12.7. The van der Waals surface area contributed by atoms with Crippen LogP contribution in [0.1, 0.15) is 39.3 Å². The fourth-order valence-electron chi connectivity index (χ4n) is 3.44. The summed E-state index contributed by atoms with van der Waals surface area (Å²) in [7, 11) is 0. The molecule has 11 nitrogen and oxygen atoms in total. The first kappa shape index (κ1) is 23.1. The van der Waals surface area contributed by atoms with E-state index in [4.69, 9.17) is 9.47 Å². The van der Waals surface area contributed by atoms with Gasteiger partial charge in [-0.05, 0) is 32.4 Å². The number of aliphatic hydroxyl groups is 3. The monoisotopic (exact) mass is 433 g/mol. The summed E-state index contributed by atoms with van der Waals surface area (Å²) >= 11 is 0. The number of ether oxygens (including phenoxy) is 2. The van der Waals surface area contributed by atoms with Gasteiger partial charge in [-0.2, -0.15) is 10.4 Å². The van der Waals surface area contributed by atoms with Crippen molar-refractivity contribution in [2.45, 2.75) is 63.1 Å². The Morgan fingerprint density at radius 1 is 1.45 bits per heavy atom. The summed E-state index contributed by atoms with van der Waals surface area (Å²) in [6.45, 7) is 5.21. The Morgan fingerprint density at radius 2 is 2.19 bits per heavy atom. The van der Waals surface area contributed by atoms with Gasteiger partial charge in [0, 0.05) is 6.61 Å². The van der Waals surface area contributed by atoms with Gasteiger partial charge < -0.3 is 30.1 Å². The highest BCUT2D eigenvalue weighted by atomic mass is 16.6. The van der Waals surface area contributed by atoms with E-state index < -0.39 is 42.0 Å². The molecule has 0 radical (unpaired) electrons. The Hall–Kier alpha value is -2.62. The molecule has 0 bridgehead atoms. The number of carbonyl (C=O) groups is 1. The zero-order valence-electron chi connectivity index (χ0n) is 17.6. The zero-order valence-corrected chi connectivity index (χ0v) is 17.6. The molecule has 1 aliphatic rings. The van der Waals surface area contributed by atoms with Crippen LogP contribution in [0.25, 0.3) is 5.52 Å². The topological polar surface area (TPSA) is 162 Å². The molecule has 0 saturated carbocycles. The molecule has 2 aromatic heterocycles. The average molecular weight is 433 g/mol. The van der Waals surface area contributed by atoms with E-state index in [0.29, 0.717) is 12.1 Å². The summed E-state index contributed by atoms with van der Waals surface area (Å²) in [4.78, 5) is 16.9. The van der Waals surface area contributed by atoms with E-state index >= 15 is 0 Å². The molecule has 3 heterocycles. The normalized spacial score (nSPS) is 26.2. The van der Waals surface area contributed by atoms with Crippen LogP contribution in [0.4, 0.5) is 5.82 Å². The minimum Gasteiger partial charge on any atom is -0.394 e. The third-order valence-corrected chi connectivity index (χ3v) is 5.38. The van der Waals surface area contributed by atoms with E-state index in [1.54, 1.807) is 19.9 Å². The summed E-state index contributed by atoms with van der Waals surface area (Å²) in [5.41, 5.74) is -2.58. The number of nitriles is 1. The van der Waals surface area contributed by atoms with Crippen LogP contribution in [-0.2, 0) is 19.9 Å². The number of aromatic nitrogens is 3. The van der Waals surface area contributed by atoms with Crippen LogP contribution >= 0.6 is 0 Å². The summed E-state index contributed by atoms with van der Waals surface area (Å²) in [5, 5.41) is 46.7. The molecule has 0 spiro atoms. The molecule has 31 heavy (non-hydrogen) atoms. The quantitative estimate of drug-likeness (QED) is 0.423. The smallest absolute Gasteiger partial charge is 0.257 e. The van der Waals surface area contributed by atoms with Gasteiger partial charge in [-0.15, -0.1) is 0 Å². The molecule has 2 aromatic rings. The third-order valence-electron chi connectivity index (χ3n) is 5.38. The van der Waals surface area contributed by atoms with E-state index in [-0.39, 0.29) is 11.5 Å². The number of hydrogen-bond acceptors (Lipinski definition) is 9. The van der Waals surface area contributed by atoms with Gasteiger partial charge in [-0.3, -0.25) is 4.79 Å². The van der Waals surface area contributed by atoms with Crippen LogP contribution < -0.4 is 5.32 Å². The van der Waals surface area contributed by atoms with Crippen LogP contribution in [0.3, 0.4) is 0 Å². The Kier molecular flexibility index (Phi) is 6.59. The molecule has 168 valence electrons. The number of nitrogens with zero attached hydrogens (tertiary/aromatic N) is 4. The second-order valence-electron chi connectivity index (χ2n) is 7.91. The maximum Gasteiger partial charge on any atom is 0.257 e. The van der Waals surface area contributed by atoms with Crippen LogP contribution in [0, 0.1) is 11.3 Å². The molecule has 11 heteroatoms. The van der Waals surface area contributed by atoms with E-state index in [1.165, 1.54) is 16.9 Å². The fourth-order valence-corrected chi connectivity index (χ4v) is 3.44. The highest BCUT2D eigenvalue weighted by molar-refractivity contribution is 5.98. The number of nitrogens with one attached hydrogen (secondary N) is 1. The second kappa shape index (κ2) is 8.86. The highest BCUT2D eigenvalue weighted by Gasteiger charge is 2.57. The SMILES string of the molecule is CCCCOC(C)(C)C(=O)Nc1ncnn2c([C@]3(C#N)O[C@H](CO)[C@@H](O)[C@H]3O)ccc12. The number of aliphatic hydroxyl groups excluding tert-OH is 3. The van der Waals surface area contributed by atoms with Gasteiger partial charge in [0.1, 0.15) is 41.8 Å². The van der Waals surface area contributed by atoms with Crippen molar-refractivity contribution in [3.05, 3.63) is 24.2 Å². The molecule has 4 N–H and O–H groups in total. The van der Waals surface area contributed by atoms with Crippen LogP contribution in [-0.4, -0.2) is 73.0 Å². The van der Waals surface area contributed by atoms with Crippen molar-refractivity contribution in [2.24, 2.45) is 0 Å². The number of fused-ring (bicyclic) bond motifs is 1. The number of unbranched alkanes of at least 4 members (excludes halogenated alkanes) is 1. The Bertz CT molecular complexity index is 986. The van der Waals surface area contributed by atoms with Gasteiger partial charge in [0.05, 0.1) is 12.3 Å². The Morgan fingerprint density at radius 3 is 2.81 bits per heavy atom. The standard InChI is InChI=1S/C20H27N5O6/c1-4-5-8-30-19(2,3)18(29)24-17-12-6-7-14(25(12)23-11-22-17)20(10-21)16(28)15(27)13(9-26)31-20/h6-7,11,13,15-16,26-28H,4-5,8-9H2,1-3H3,(H,22,23,24,29)/t13-,15-,16-,20+/m1/s1. The second-order valence-corrected chi connectivity index (χ2v) is 7.91. The van der Waals surface area contributed by atoms with Crippen molar-refractivity contribution in [2.75, 3.05) is 18.5 Å². The molecule has 0 aromatic carbocycles. The molecular formula is C20H27N5O6. The predicted molar refractivity (Wildman–Crippen MR) is 108 cm³/mol. The largest absolute Gasteiger partial charge is 0.394 e. The van der Waals surface area contributed by atoms with Gasteiger partial charge in [-0.1, -0.05) is 13.3 Å². The lowest BCUT2D eigenvalue weighted by Gasteiger charge is -2.25. The zero-order chi connectivity index (χ0) is 22.8. The van der Waals surface area contributed by atoms with E-state index in [1.807, 2.05) is 13.0 Å². The molecule has 0 aliphatic carbocycles. The number of rotatable bonds is 8. The molecule has 0 unspecified atom stereocenters. The van der Waals surface area contributed by atoms with Gasteiger partial charge in [0.2, 0.25) is 5.60 Å². The predicted octanol–water partition coefficient (Wildman–Crippen LogP) is 0.0949. The van der Waals surface area contributed by atoms with Crippen LogP contribution in [0.15, 0.2) is 18.5 Å². The molecule has 4 atom stereocenters. The molecular weight excluding hydrogens is 406 g/mol. The summed E-state index contributed by atoms with van der Waals surface area (Å²) in [6, 6.07) is 4.94. The van der Waals surface area contributed by atoms with Gasteiger partial charge in [0.15, 0.2) is 5.82 Å². The minimum atomic E-state index is -1.96. The third kappa shape index (κ3) is 4.00. The molecule has 1 fully saturated rings. The van der Waals surface area contributed by atoms with Crippen molar-refractivity contribution in [3.63, 3.8) is 0 Å². The minimum absolute atomic E-state index is 0.129. The molecule has 3 rings (SSSR count). The van der Waals surface area contributed by atoms with Crippen molar-refractivity contribution in [1.82, 2.24) is 14.6 Å². The first-order valence-corrected chi connectivity index (χ1v) is 10.1. The number of carbonyl (C=O) groups excluding carboxylic acids is 1. The van der Waals surface area contributed by atoms with E-state index in [0.717, 1.165) is 12.8 Å². The van der Waals surface area contributed by atoms with Crippen molar-refractivity contribution in [3.8, 4) is 6.07 Å². The first-order valence-electron chi connectivity index (χ1n) is 10.1. The van der Waals surface area contributed by atoms with Gasteiger partial charge in [0.25, 0.3) is 5.91 Å². The lowest BCUT2D eigenvalue weighted by molar-refractivity contribution is -0.137. The van der Waals surface area contributed by atoms with E-state index in [2.05, 4.69) is 15.4 Å². The Labute approximate surface area is 179 Å². The number of anilines is 1. The molecule has 1 amide bonds. The van der Waals surface area contributed by atoms with Crippen molar-refractivity contribution in [1.29, 1.82) is 5.26 Å². The fraction of sp³-hybridized carbons (Fsp3) is 0.600. The summed E-state index contributed by atoms with van der Waals surface area (Å²) in [5.74, 6) is -0.229. The molecule has 1 saturated heterocycles. The van der Waals surface area contributed by atoms with Crippen molar-refractivity contribution >= 4 is 17.2 Å². The lowest BCUT2D eigenvalue weighted by atomic mass is 9.92. The van der Waals surface area contributed by atoms with Gasteiger partial charge in [-0.25, -0.2) is 9.50 Å². The van der Waals surface area contributed by atoms with Crippen molar-refractivity contribution < 1.29 is 29.6 Å². The Balaban J connectivity index is 1.94. The maximum absolute atomic E-state index is 12.7. The number of hydrogen-bond donors (Lipinski definition) is 4. The number of amides is 1. The van der Waals surface area contributed by atoms with Crippen LogP contribution in [0.5, 0.6) is 0 Å².